The van der Waals surface area contributed by atoms with Crippen LogP contribution in [0.3, 0.4) is 0 Å². The second-order valence-electron chi connectivity index (χ2n) is 6.24. The van der Waals surface area contributed by atoms with Gasteiger partial charge in [0.2, 0.25) is 11.8 Å². The van der Waals surface area contributed by atoms with Gasteiger partial charge in [-0.25, -0.2) is 0 Å². The van der Waals surface area contributed by atoms with E-state index in [1.807, 2.05) is 34.6 Å². The van der Waals surface area contributed by atoms with Crippen molar-refractivity contribution in [2.75, 3.05) is 0 Å². The minimum atomic E-state index is -0.754. The Hall–Kier alpha value is -1.06. The van der Waals surface area contributed by atoms with Crippen LogP contribution in [0.25, 0.3) is 0 Å². The van der Waals surface area contributed by atoms with Crippen LogP contribution in [0.2, 0.25) is 0 Å². The molecule has 1 saturated heterocycles. The van der Waals surface area contributed by atoms with Crippen molar-refractivity contribution in [2.45, 2.75) is 78.4 Å². The van der Waals surface area contributed by atoms with Gasteiger partial charge in [-0.15, -0.1) is 0 Å². The van der Waals surface area contributed by atoms with Crippen LogP contribution in [0.1, 0.15) is 60.8 Å². The lowest BCUT2D eigenvalue weighted by Gasteiger charge is -2.48. The molecule has 1 N–H and O–H groups in total. The Morgan fingerprint density at radius 2 is 1.84 bits per heavy atom. The fraction of sp³-hybridized carbons (Fsp3) is 0.867. The number of nitrogens with one attached hydrogen (secondary N) is 1. The van der Waals surface area contributed by atoms with Crippen molar-refractivity contribution >= 4 is 11.8 Å². The number of rotatable bonds is 5. The Kier molecular flexibility index (Phi) is 4.99. The molecule has 1 rings (SSSR count). The second kappa shape index (κ2) is 5.93. The average Bonchev–Trinajstić information content (AvgIpc) is 2.33. The molecule has 0 saturated carbocycles. The average molecular weight is 268 g/mol. The van der Waals surface area contributed by atoms with Crippen LogP contribution in [0, 0.1) is 5.92 Å². The molecule has 0 aromatic heterocycles. The first-order valence-corrected chi connectivity index (χ1v) is 7.41. The molecule has 0 aromatic carbocycles. The van der Waals surface area contributed by atoms with Gasteiger partial charge in [0.15, 0.2) is 0 Å². The van der Waals surface area contributed by atoms with Crippen LogP contribution in [0.4, 0.5) is 0 Å². The van der Waals surface area contributed by atoms with E-state index in [-0.39, 0.29) is 29.8 Å². The standard InChI is InChI=1S/C15H28N2O2/c1-7-9-11(4)17-13(18)12(10(3)8-2)16-14(19)15(17,5)6/h10-12H,7-9H2,1-6H3,(H,16,19). The number of hydrogen-bond donors (Lipinski definition) is 1. The highest BCUT2D eigenvalue weighted by Crippen LogP contribution is 2.28. The third-order valence-corrected chi connectivity index (χ3v) is 4.31. The predicted octanol–water partition coefficient (Wildman–Crippen LogP) is 2.33. The Balaban J connectivity index is 3.07. The lowest BCUT2D eigenvalue weighted by Crippen LogP contribution is -2.71. The summed E-state index contributed by atoms with van der Waals surface area (Å²) in [7, 11) is 0. The lowest BCUT2D eigenvalue weighted by atomic mass is 9.87. The summed E-state index contributed by atoms with van der Waals surface area (Å²) in [5.41, 5.74) is -0.754. The molecular weight excluding hydrogens is 240 g/mol. The monoisotopic (exact) mass is 268 g/mol. The fourth-order valence-electron chi connectivity index (χ4n) is 2.85. The molecule has 19 heavy (non-hydrogen) atoms. The van der Waals surface area contributed by atoms with E-state index in [1.54, 1.807) is 4.90 Å². The van der Waals surface area contributed by atoms with Gasteiger partial charge in [-0.05, 0) is 33.1 Å². The van der Waals surface area contributed by atoms with Crippen LogP contribution >= 0.6 is 0 Å². The SMILES string of the molecule is CCCC(C)N1C(=O)C(C(C)CC)NC(=O)C1(C)C. The summed E-state index contributed by atoms with van der Waals surface area (Å²) in [6.07, 6.45) is 2.82. The van der Waals surface area contributed by atoms with Gasteiger partial charge in [-0.3, -0.25) is 9.59 Å². The van der Waals surface area contributed by atoms with E-state index in [0.29, 0.717) is 0 Å². The number of amides is 2. The van der Waals surface area contributed by atoms with E-state index in [4.69, 9.17) is 0 Å². The molecular formula is C15H28N2O2. The first kappa shape index (κ1) is 16.0. The first-order valence-electron chi connectivity index (χ1n) is 7.41. The van der Waals surface area contributed by atoms with E-state index in [0.717, 1.165) is 19.3 Å². The van der Waals surface area contributed by atoms with Crippen molar-refractivity contribution in [1.29, 1.82) is 0 Å². The number of hydrogen-bond acceptors (Lipinski definition) is 2. The zero-order chi connectivity index (χ0) is 14.8. The second-order valence-corrected chi connectivity index (χ2v) is 6.24. The van der Waals surface area contributed by atoms with Crippen molar-refractivity contribution in [3.05, 3.63) is 0 Å². The van der Waals surface area contributed by atoms with E-state index in [9.17, 15) is 9.59 Å². The smallest absolute Gasteiger partial charge is 0.246 e. The van der Waals surface area contributed by atoms with Crippen LogP contribution < -0.4 is 5.32 Å². The zero-order valence-corrected chi connectivity index (χ0v) is 13.1. The van der Waals surface area contributed by atoms with Gasteiger partial charge < -0.3 is 10.2 Å². The third kappa shape index (κ3) is 2.93. The van der Waals surface area contributed by atoms with E-state index < -0.39 is 5.54 Å². The van der Waals surface area contributed by atoms with Gasteiger partial charge >= 0.3 is 0 Å². The molecule has 110 valence electrons. The highest BCUT2D eigenvalue weighted by molar-refractivity contribution is 5.99. The summed E-state index contributed by atoms with van der Waals surface area (Å²) in [4.78, 5) is 26.8. The number of piperazine rings is 1. The maximum absolute atomic E-state index is 12.7. The van der Waals surface area contributed by atoms with Crippen LogP contribution in [0.5, 0.6) is 0 Å². The van der Waals surface area contributed by atoms with E-state index >= 15 is 0 Å². The summed E-state index contributed by atoms with van der Waals surface area (Å²) in [5.74, 6) is 0.198. The van der Waals surface area contributed by atoms with Gasteiger partial charge in [0.05, 0.1) is 0 Å². The highest BCUT2D eigenvalue weighted by atomic mass is 16.2. The molecule has 4 heteroatoms. The van der Waals surface area contributed by atoms with Gasteiger partial charge in [-0.1, -0.05) is 33.6 Å². The van der Waals surface area contributed by atoms with Crippen LogP contribution in [-0.2, 0) is 9.59 Å². The third-order valence-electron chi connectivity index (χ3n) is 4.31. The Labute approximate surface area is 116 Å². The highest BCUT2D eigenvalue weighted by Gasteiger charge is 2.48. The largest absolute Gasteiger partial charge is 0.342 e. The Morgan fingerprint density at radius 1 is 1.26 bits per heavy atom. The van der Waals surface area contributed by atoms with Crippen LogP contribution in [-0.4, -0.2) is 34.3 Å². The summed E-state index contributed by atoms with van der Waals surface area (Å²) >= 11 is 0. The van der Waals surface area contributed by atoms with Gasteiger partial charge in [0.1, 0.15) is 11.6 Å². The van der Waals surface area contributed by atoms with Gasteiger partial charge in [0, 0.05) is 6.04 Å². The molecule has 1 heterocycles. The molecule has 3 atom stereocenters. The van der Waals surface area contributed by atoms with Crippen molar-refractivity contribution in [3.8, 4) is 0 Å². The molecule has 0 radical (unpaired) electrons. The van der Waals surface area contributed by atoms with Crippen LogP contribution in [0.15, 0.2) is 0 Å². The summed E-state index contributed by atoms with van der Waals surface area (Å²) < 4.78 is 0. The molecule has 3 unspecified atom stereocenters. The van der Waals surface area contributed by atoms with Gasteiger partial charge in [0.25, 0.3) is 0 Å². The maximum Gasteiger partial charge on any atom is 0.246 e. The van der Waals surface area contributed by atoms with Crippen molar-refractivity contribution in [2.24, 2.45) is 5.92 Å². The number of carbonyl (C=O) groups is 2. The summed E-state index contributed by atoms with van der Waals surface area (Å²) in [6.45, 7) is 11.9. The summed E-state index contributed by atoms with van der Waals surface area (Å²) in [6, 6.07) is -0.269. The predicted molar refractivity (Wildman–Crippen MR) is 76.7 cm³/mol. The van der Waals surface area contributed by atoms with E-state index in [1.165, 1.54) is 0 Å². The zero-order valence-electron chi connectivity index (χ0n) is 13.1. The minimum absolute atomic E-state index is 0.0413. The molecule has 4 nitrogen and oxygen atoms in total. The molecule has 0 spiro atoms. The first-order chi connectivity index (χ1) is 8.77. The molecule has 1 aliphatic rings. The molecule has 0 aromatic rings. The lowest BCUT2D eigenvalue weighted by molar-refractivity contribution is -0.160. The molecule has 1 fully saturated rings. The maximum atomic E-state index is 12.7. The molecule has 0 aliphatic carbocycles. The Bertz CT molecular complexity index is 352. The fourth-order valence-corrected chi connectivity index (χ4v) is 2.85. The van der Waals surface area contributed by atoms with Crippen molar-refractivity contribution < 1.29 is 9.59 Å². The van der Waals surface area contributed by atoms with Crippen molar-refractivity contribution in [3.63, 3.8) is 0 Å². The number of nitrogens with zero attached hydrogens (tertiary/aromatic N) is 1. The normalized spacial score (nSPS) is 26.0. The number of carbonyl (C=O) groups excluding carboxylic acids is 2. The van der Waals surface area contributed by atoms with Crippen molar-refractivity contribution in [1.82, 2.24) is 10.2 Å². The molecule has 2 amide bonds. The Morgan fingerprint density at radius 3 is 2.32 bits per heavy atom. The molecule has 0 bridgehead atoms. The molecule has 1 aliphatic heterocycles. The quantitative estimate of drug-likeness (QED) is 0.832. The topological polar surface area (TPSA) is 49.4 Å². The summed E-state index contributed by atoms with van der Waals surface area (Å²) in [5, 5.41) is 2.90. The minimum Gasteiger partial charge on any atom is -0.342 e. The van der Waals surface area contributed by atoms with Gasteiger partial charge in [-0.2, -0.15) is 0 Å². The van der Waals surface area contributed by atoms with E-state index in [2.05, 4.69) is 12.2 Å².